The van der Waals surface area contributed by atoms with Crippen LogP contribution in [-0.4, -0.2) is 82.9 Å². The number of pyridine rings is 1. The van der Waals surface area contributed by atoms with Gasteiger partial charge in [0, 0.05) is 75.7 Å². The molecule has 2 heterocycles. The molecule has 1 amide bonds. The number of anilines is 2. The fraction of sp³-hybridized carbons (Fsp3) is 0.360. The van der Waals surface area contributed by atoms with Gasteiger partial charge < -0.3 is 19.7 Å². The van der Waals surface area contributed by atoms with Crippen LogP contribution in [0.1, 0.15) is 15.9 Å². The van der Waals surface area contributed by atoms with Gasteiger partial charge in [-0.3, -0.25) is 9.59 Å². The zero-order chi connectivity index (χ0) is 25.5. The fourth-order valence-electron chi connectivity index (χ4n) is 4.30. The quantitative estimate of drug-likeness (QED) is 0.580. The number of rotatable bonds is 5. The first-order valence-corrected chi connectivity index (χ1v) is 12.8. The molecular formula is C25H31N5O4S. The Labute approximate surface area is 205 Å². The Morgan fingerprint density at radius 1 is 0.971 bits per heavy atom. The predicted octanol–water partition coefficient (Wildman–Crippen LogP) is 2.12. The summed E-state index contributed by atoms with van der Waals surface area (Å²) in [6, 6.07) is 11.7. The molecule has 1 fully saturated rings. The smallest absolute Gasteiger partial charge is 0.260 e. The molecule has 1 aromatic heterocycles. The molecule has 0 radical (unpaired) electrons. The average molecular weight is 498 g/mol. The number of nitrogens with zero attached hydrogens (tertiary/aromatic N) is 4. The first-order valence-electron chi connectivity index (χ1n) is 11.4. The summed E-state index contributed by atoms with van der Waals surface area (Å²) in [5.41, 5.74) is 3.01. The van der Waals surface area contributed by atoms with E-state index in [2.05, 4.69) is 21.8 Å². The largest absolute Gasteiger partial charge is 0.368 e. The second kappa shape index (κ2) is 9.44. The number of hydrogen-bond donors (Lipinski definition) is 1. The summed E-state index contributed by atoms with van der Waals surface area (Å²) in [7, 11) is 2.95. The van der Waals surface area contributed by atoms with E-state index in [4.69, 9.17) is 0 Å². The molecule has 0 saturated carbocycles. The maximum Gasteiger partial charge on any atom is 0.260 e. The van der Waals surface area contributed by atoms with Gasteiger partial charge in [0.25, 0.3) is 5.91 Å². The molecule has 10 heteroatoms. The Morgan fingerprint density at radius 2 is 1.66 bits per heavy atom. The lowest BCUT2D eigenvalue weighted by molar-refractivity contribution is 0.0993. The minimum absolute atomic E-state index is 0.0732. The van der Waals surface area contributed by atoms with Crippen LogP contribution in [0.15, 0.2) is 52.2 Å². The van der Waals surface area contributed by atoms with E-state index >= 15 is 0 Å². The number of benzene rings is 2. The van der Waals surface area contributed by atoms with Crippen LogP contribution in [0.25, 0.3) is 10.9 Å². The molecule has 0 aliphatic carbocycles. The number of carbonyl (C=O) groups is 1. The monoisotopic (exact) mass is 497 g/mol. The minimum Gasteiger partial charge on any atom is -0.368 e. The molecule has 1 aliphatic rings. The molecule has 9 nitrogen and oxygen atoms in total. The van der Waals surface area contributed by atoms with Crippen LogP contribution < -0.4 is 15.4 Å². The van der Waals surface area contributed by atoms with E-state index in [1.807, 2.05) is 13.0 Å². The minimum atomic E-state index is -3.72. The van der Waals surface area contributed by atoms with Crippen molar-refractivity contribution in [3.8, 4) is 0 Å². The maximum atomic E-state index is 13.8. The van der Waals surface area contributed by atoms with E-state index in [9.17, 15) is 18.0 Å². The molecule has 35 heavy (non-hydrogen) atoms. The Hall–Kier alpha value is -3.21. The van der Waals surface area contributed by atoms with Crippen LogP contribution in [0.3, 0.4) is 0 Å². The van der Waals surface area contributed by atoms with Crippen molar-refractivity contribution in [1.29, 1.82) is 0 Å². The van der Waals surface area contributed by atoms with Crippen molar-refractivity contribution in [3.63, 3.8) is 0 Å². The van der Waals surface area contributed by atoms with Gasteiger partial charge in [-0.1, -0.05) is 0 Å². The van der Waals surface area contributed by atoms with Gasteiger partial charge in [0.05, 0.1) is 10.5 Å². The zero-order valence-electron chi connectivity index (χ0n) is 20.7. The van der Waals surface area contributed by atoms with Gasteiger partial charge >= 0.3 is 0 Å². The van der Waals surface area contributed by atoms with Crippen molar-refractivity contribution in [3.05, 3.63) is 63.9 Å². The highest BCUT2D eigenvalue weighted by atomic mass is 32.2. The fourth-order valence-corrected chi connectivity index (χ4v) is 5.23. The van der Waals surface area contributed by atoms with Crippen LogP contribution in [0.5, 0.6) is 0 Å². The molecule has 0 spiro atoms. The number of nitrogens with one attached hydrogen (secondary N) is 1. The number of fused-ring (bicyclic) bond motifs is 1. The van der Waals surface area contributed by atoms with Gasteiger partial charge in [-0.25, -0.2) is 12.7 Å². The van der Waals surface area contributed by atoms with Gasteiger partial charge in [0.15, 0.2) is 0 Å². The number of aromatic nitrogens is 1. The number of piperazine rings is 1. The molecule has 2 aromatic carbocycles. The molecule has 1 aliphatic heterocycles. The van der Waals surface area contributed by atoms with Crippen molar-refractivity contribution in [2.24, 2.45) is 0 Å². The Morgan fingerprint density at radius 3 is 2.31 bits per heavy atom. The standard InChI is InChI=1S/C25H31N5O4S/c1-17-14-24(31)26-22-8-6-18(15-20(17)22)29(5)25(32)21-16-19(35(33,34)27(2)3)7-9-23(21)30-12-10-28(4)11-13-30/h6-9,14-16H,10-13H2,1-5H3,(H,26,31). The summed E-state index contributed by atoms with van der Waals surface area (Å²) in [6.45, 7) is 5.03. The molecule has 1 N–H and O–H groups in total. The highest BCUT2D eigenvalue weighted by Gasteiger charge is 2.27. The SMILES string of the molecule is Cc1cc(=O)[nH]c2ccc(N(C)C(=O)c3cc(S(=O)(=O)N(C)C)ccc3N3CCN(C)CC3)cc12. The molecule has 1 saturated heterocycles. The summed E-state index contributed by atoms with van der Waals surface area (Å²) in [4.78, 5) is 34.4. The highest BCUT2D eigenvalue weighted by Crippen LogP contribution is 2.30. The third kappa shape index (κ3) is 4.82. The van der Waals surface area contributed by atoms with E-state index in [1.165, 1.54) is 31.1 Å². The van der Waals surface area contributed by atoms with Crippen molar-refractivity contribution in [2.75, 3.05) is 64.2 Å². The van der Waals surface area contributed by atoms with Gasteiger partial charge in [0.1, 0.15) is 0 Å². The van der Waals surface area contributed by atoms with E-state index < -0.39 is 10.0 Å². The number of hydrogen-bond acceptors (Lipinski definition) is 6. The Balaban J connectivity index is 1.79. The topological polar surface area (TPSA) is 97.0 Å². The zero-order valence-corrected chi connectivity index (χ0v) is 21.5. The molecular weight excluding hydrogens is 466 g/mol. The number of sulfonamides is 1. The van der Waals surface area contributed by atoms with Crippen LogP contribution in [0.4, 0.5) is 11.4 Å². The van der Waals surface area contributed by atoms with Crippen LogP contribution >= 0.6 is 0 Å². The molecule has 0 unspecified atom stereocenters. The average Bonchev–Trinajstić information content (AvgIpc) is 2.83. The first-order chi connectivity index (χ1) is 16.5. The maximum absolute atomic E-state index is 13.8. The molecule has 4 rings (SSSR count). The number of aryl methyl sites for hydroxylation is 1. The molecule has 0 atom stereocenters. The molecule has 3 aromatic rings. The van der Waals surface area contributed by atoms with Crippen molar-refractivity contribution in [1.82, 2.24) is 14.2 Å². The second-order valence-electron chi connectivity index (χ2n) is 9.17. The predicted molar refractivity (Wildman–Crippen MR) is 139 cm³/mol. The van der Waals surface area contributed by atoms with Crippen LogP contribution in [0.2, 0.25) is 0 Å². The summed E-state index contributed by atoms with van der Waals surface area (Å²) in [5.74, 6) is -0.309. The van der Waals surface area contributed by atoms with E-state index in [1.54, 1.807) is 31.3 Å². The highest BCUT2D eigenvalue weighted by molar-refractivity contribution is 7.89. The van der Waals surface area contributed by atoms with Gasteiger partial charge in [-0.2, -0.15) is 0 Å². The number of H-pyrrole nitrogens is 1. The molecule has 186 valence electrons. The van der Waals surface area contributed by atoms with Gasteiger partial charge in [-0.15, -0.1) is 0 Å². The lowest BCUT2D eigenvalue weighted by Crippen LogP contribution is -2.45. The first kappa shape index (κ1) is 24.9. The third-order valence-electron chi connectivity index (χ3n) is 6.55. The van der Waals surface area contributed by atoms with E-state index in [0.717, 1.165) is 41.4 Å². The number of likely N-dealkylation sites (N-methyl/N-ethyl adjacent to an activating group) is 1. The number of carbonyl (C=O) groups excluding carboxylic acids is 1. The second-order valence-corrected chi connectivity index (χ2v) is 11.3. The van der Waals surface area contributed by atoms with Gasteiger partial charge in [0.2, 0.25) is 15.6 Å². The summed E-state index contributed by atoms with van der Waals surface area (Å²) in [5, 5.41) is 0.838. The lowest BCUT2D eigenvalue weighted by Gasteiger charge is -2.35. The van der Waals surface area contributed by atoms with Crippen molar-refractivity contribution < 1.29 is 13.2 Å². The summed E-state index contributed by atoms with van der Waals surface area (Å²) >= 11 is 0. The van der Waals surface area contributed by atoms with Crippen molar-refractivity contribution >= 4 is 38.2 Å². The Kier molecular flexibility index (Phi) is 6.72. The molecule has 0 bridgehead atoms. The lowest BCUT2D eigenvalue weighted by atomic mass is 10.1. The normalized spacial score (nSPS) is 15.1. The summed E-state index contributed by atoms with van der Waals surface area (Å²) in [6.07, 6.45) is 0. The number of aromatic amines is 1. The van der Waals surface area contributed by atoms with E-state index in [-0.39, 0.29) is 16.4 Å². The van der Waals surface area contributed by atoms with Crippen LogP contribution in [0, 0.1) is 6.92 Å². The van der Waals surface area contributed by atoms with E-state index in [0.29, 0.717) is 22.5 Å². The van der Waals surface area contributed by atoms with Gasteiger partial charge in [-0.05, 0) is 55.9 Å². The Bertz CT molecular complexity index is 1440. The van der Waals surface area contributed by atoms with Crippen LogP contribution in [-0.2, 0) is 10.0 Å². The summed E-state index contributed by atoms with van der Waals surface area (Å²) < 4.78 is 26.8. The third-order valence-corrected chi connectivity index (χ3v) is 8.36. The van der Waals surface area contributed by atoms with Crippen molar-refractivity contribution in [2.45, 2.75) is 11.8 Å². The number of amides is 1.